The maximum atomic E-state index is 2.49. The summed E-state index contributed by atoms with van der Waals surface area (Å²) in [6.45, 7) is 9.93. The quantitative estimate of drug-likeness (QED) is 0.262. The number of benzene rings is 5. The highest BCUT2D eigenvalue weighted by molar-refractivity contribution is 5.90. The zero-order valence-corrected chi connectivity index (χ0v) is 21.0. The molecule has 0 N–H and O–H groups in total. The largest absolute Gasteiger partial charge is 0.337 e. The Morgan fingerprint density at radius 1 is 0.629 bits per heavy atom. The normalized spacial score (nSPS) is 13.5. The van der Waals surface area contributed by atoms with Crippen LogP contribution in [0.2, 0.25) is 0 Å². The number of rotatable bonds is 4. The molecule has 0 fully saturated rings. The van der Waals surface area contributed by atoms with Crippen LogP contribution in [0.25, 0.3) is 21.9 Å². The second-order valence-corrected chi connectivity index (χ2v) is 10.4. The van der Waals surface area contributed by atoms with E-state index in [0.717, 1.165) is 6.54 Å². The molecule has 0 saturated carbocycles. The summed E-state index contributed by atoms with van der Waals surface area (Å²) in [6.07, 6.45) is 0. The van der Waals surface area contributed by atoms with E-state index in [1.54, 1.807) is 0 Å². The molecule has 0 spiro atoms. The molecule has 0 unspecified atom stereocenters. The van der Waals surface area contributed by atoms with Gasteiger partial charge in [-0.05, 0) is 81.8 Å². The standard InChI is InChI=1S/C34H31N/c1-23-11-5-8-18-32(23)35(22-26-15-10-14-25-13-9-12-24(2)33(25)26)27-19-20-31-29(21-27)28-16-6-7-17-30(28)34(31,3)4/h5-21H,22H2,1-4H3. The average molecular weight is 454 g/mol. The van der Waals surface area contributed by atoms with Crippen molar-refractivity contribution in [3.05, 3.63) is 131 Å². The molecule has 0 amide bonds. The second-order valence-electron chi connectivity index (χ2n) is 10.4. The highest BCUT2D eigenvalue weighted by atomic mass is 15.1. The van der Waals surface area contributed by atoms with Crippen LogP contribution in [0, 0.1) is 13.8 Å². The summed E-state index contributed by atoms with van der Waals surface area (Å²) in [6, 6.07) is 38.0. The van der Waals surface area contributed by atoms with Crippen molar-refractivity contribution in [2.75, 3.05) is 4.90 Å². The molecule has 1 aliphatic rings. The Morgan fingerprint density at radius 2 is 1.31 bits per heavy atom. The lowest BCUT2D eigenvalue weighted by Crippen LogP contribution is -2.19. The number of anilines is 2. The first-order chi connectivity index (χ1) is 16.9. The molecule has 5 aromatic carbocycles. The van der Waals surface area contributed by atoms with E-state index in [1.165, 1.54) is 61.1 Å². The van der Waals surface area contributed by atoms with Crippen LogP contribution in [0.4, 0.5) is 11.4 Å². The van der Waals surface area contributed by atoms with E-state index >= 15 is 0 Å². The molecule has 35 heavy (non-hydrogen) atoms. The van der Waals surface area contributed by atoms with Crippen molar-refractivity contribution < 1.29 is 0 Å². The fraction of sp³-hybridized carbons (Fsp3) is 0.176. The molecule has 0 radical (unpaired) electrons. The van der Waals surface area contributed by atoms with Gasteiger partial charge in [0.2, 0.25) is 0 Å². The van der Waals surface area contributed by atoms with Crippen LogP contribution in [0.3, 0.4) is 0 Å². The number of para-hydroxylation sites is 1. The first-order valence-corrected chi connectivity index (χ1v) is 12.5. The summed E-state index contributed by atoms with van der Waals surface area (Å²) < 4.78 is 0. The maximum Gasteiger partial charge on any atom is 0.0488 e. The molecular weight excluding hydrogens is 422 g/mol. The molecule has 0 heterocycles. The van der Waals surface area contributed by atoms with Crippen LogP contribution in [-0.4, -0.2) is 0 Å². The average Bonchev–Trinajstić information content (AvgIpc) is 3.10. The Balaban J connectivity index is 1.54. The predicted molar refractivity (Wildman–Crippen MR) is 150 cm³/mol. The molecule has 1 aliphatic carbocycles. The molecule has 0 aliphatic heterocycles. The topological polar surface area (TPSA) is 3.24 Å². The number of fused-ring (bicyclic) bond motifs is 4. The van der Waals surface area contributed by atoms with Crippen molar-refractivity contribution >= 4 is 22.1 Å². The lowest BCUT2D eigenvalue weighted by atomic mass is 9.82. The molecule has 6 rings (SSSR count). The van der Waals surface area contributed by atoms with Gasteiger partial charge >= 0.3 is 0 Å². The number of hydrogen-bond donors (Lipinski definition) is 0. The second kappa shape index (κ2) is 8.13. The molecule has 0 atom stereocenters. The van der Waals surface area contributed by atoms with Gasteiger partial charge in [0.05, 0.1) is 0 Å². The maximum absolute atomic E-state index is 2.49. The van der Waals surface area contributed by atoms with Gasteiger partial charge in [-0.2, -0.15) is 0 Å². The summed E-state index contributed by atoms with van der Waals surface area (Å²) >= 11 is 0. The van der Waals surface area contributed by atoms with Crippen molar-refractivity contribution in [1.82, 2.24) is 0 Å². The van der Waals surface area contributed by atoms with E-state index < -0.39 is 0 Å². The summed E-state index contributed by atoms with van der Waals surface area (Å²) in [4.78, 5) is 2.49. The van der Waals surface area contributed by atoms with E-state index in [9.17, 15) is 0 Å². The van der Waals surface area contributed by atoms with Gasteiger partial charge in [0, 0.05) is 23.3 Å². The van der Waals surface area contributed by atoms with Gasteiger partial charge in [0.25, 0.3) is 0 Å². The molecule has 0 saturated heterocycles. The number of nitrogens with zero attached hydrogens (tertiary/aromatic N) is 1. The minimum Gasteiger partial charge on any atom is -0.337 e. The zero-order chi connectivity index (χ0) is 24.2. The van der Waals surface area contributed by atoms with Gasteiger partial charge in [0.1, 0.15) is 0 Å². The van der Waals surface area contributed by atoms with Gasteiger partial charge in [0.15, 0.2) is 0 Å². The monoisotopic (exact) mass is 453 g/mol. The Bertz CT molecular complexity index is 1570. The molecule has 0 aromatic heterocycles. The Kier molecular flexibility index (Phi) is 5.04. The number of aryl methyl sites for hydroxylation is 2. The van der Waals surface area contributed by atoms with Crippen molar-refractivity contribution in [3.8, 4) is 11.1 Å². The van der Waals surface area contributed by atoms with Crippen molar-refractivity contribution in [2.45, 2.75) is 39.7 Å². The minimum absolute atomic E-state index is 0.0185. The lowest BCUT2D eigenvalue weighted by molar-refractivity contribution is 0.660. The SMILES string of the molecule is Cc1ccccc1N(Cc1cccc2cccc(C)c12)c1ccc2c(c1)-c1ccccc1C2(C)C. The highest BCUT2D eigenvalue weighted by Crippen LogP contribution is 2.50. The van der Waals surface area contributed by atoms with Crippen LogP contribution in [0.5, 0.6) is 0 Å². The van der Waals surface area contributed by atoms with Crippen LogP contribution >= 0.6 is 0 Å². The lowest BCUT2D eigenvalue weighted by Gasteiger charge is -2.29. The van der Waals surface area contributed by atoms with Crippen LogP contribution in [0.15, 0.2) is 103 Å². The number of hydrogen-bond acceptors (Lipinski definition) is 1. The van der Waals surface area contributed by atoms with Gasteiger partial charge in [-0.25, -0.2) is 0 Å². The molecule has 1 nitrogen and oxygen atoms in total. The van der Waals surface area contributed by atoms with E-state index in [-0.39, 0.29) is 5.41 Å². The van der Waals surface area contributed by atoms with Gasteiger partial charge in [-0.1, -0.05) is 98.8 Å². The van der Waals surface area contributed by atoms with E-state index in [2.05, 4.69) is 136 Å². The molecule has 172 valence electrons. The Hall–Kier alpha value is -3.84. The van der Waals surface area contributed by atoms with E-state index in [4.69, 9.17) is 0 Å². The summed E-state index contributed by atoms with van der Waals surface area (Å²) in [7, 11) is 0. The van der Waals surface area contributed by atoms with Crippen LogP contribution in [0.1, 0.15) is 41.7 Å². The van der Waals surface area contributed by atoms with Crippen molar-refractivity contribution in [2.24, 2.45) is 0 Å². The zero-order valence-electron chi connectivity index (χ0n) is 21.0. The van der Waals surface area contributed by atoms with E-state index in [1.807, 2.05) is 0 Å². The predicted octanol–water partition coefficient (Wildman–Crippen LogP) is 9.10. The third-order valence-corrected chi connectivity index (χ3v) is 7.81. The van der Waals surface area contributed by atoms with Crippen molar-refractivity contribution in [3.63, 3.8) is 0 Å². The Labute approximate surface area is 208 Å². The molecular formula is C34H31N. The van der Waals surface area contributed by atoms with Gasteiger partial charge in [-0.15, -0.1) is 0 Å². The first-order valence-electron chi connectivity index (χ1n) is 12.5. The third kappa shape index (κ3) is 3.46. The highest BCUT2D eigenvalue weighted by Gasteiger charge is 2.35. The molecule has 0 bridgehead atoms. The minimum atomic E-state index is 0.0185. The fourth-order valence-electron chi connectivity index (χ4n) is 5.98. The summed E-state index contributed by atoms with van der Waals surface area (Å²) in [5.74, 6) is 0. The molecule has 1 heteroatoms. The molecule has 5 aromatic rings. The van der Waals surface area contributed by atoms with Crippen LogP contribution < -0.4 is 4.90 Å². The summed E-state index contributed by atoms with van der Waals surface area (Å²) in [5, 5.41) is 2.66. The fourth-order valence-corrected chi connectivity index (χ4v) is 5.98. The Morgan fingerprint density at radius 3 is 2.14 bits per heavy atom. The van der Waals surface area contributed by atoms with Crippen LogP contribution in [-0.2, 0) is 12.0 Å². The van der Waals surface area contributed by atoms with E-state index in [0.29, 0.717) is 0 Å². The smallest absolute Gasteiger partial charge is 0.0488 e. The van der Waals surface area contributed by atoms with Gasteiger partial charge < -0.3 is 4.90 Å². The van der Waals surface area contributed by atoms with Crippen molar-refractivity contribution in [1.29, 1.82) is 0 Å². The summed E-state index contributed by atoms with van der Waals surface area (Å²) in [5.41, 5.74) is 12.0. The van der Waals surface area contributed by atoms with Gasteiger partial charge in [-0.3, -0.25) is 0 Å². The first kappa shape index (κ1) is 21.7. The third-order valence-electron chi connectivity index (χ3n) is 7.81.